The molecule has 0 radical (unpaired) electrons. The van der Waals surface area contributed by atoms with E-state index in [0.717, 1.165) is 32.4 Å². The number of thiophene rings is 1. The van der Waals surface area contributed by atoms with Crippen LogP contribution >= 0.6 is 23.1 Å². The summed E-state index contributed by atoms with van der Waals surface area (Å²) >= 11 is 2.59. The van der Waals surface area contributed by atoms with Gasteiger partial charge in [-0.05, 0) is 61.4 Å². The third kappa shape index (κ3) is 3.71. The van der Waals surface area contributed by atoms with Gasteiger partial charge in [-0.1, -0.05) is 11.8 Å². The molecule has 146 valence electrons. The molecule has 1 fully saturated rings. The number of amides is 1. The summed E-state index contributed by atoms with van der Waals surface area (Å²) in [6, 6.07) is 6.12. The highest BCUT2D eigenvalue weighted by Crippen LogP contribution is 2.26. The number of thioether (sulfide) groups is 1. The molecule has 1 saturated heterocycles. The number of benzene rings is 1. The molecule has 1 aromatic carbocycles. The van der Waals surface area contributed by atoms with E-state index >= 15 is 0 Å². The van der Waals surface area contributed by atoms with Crippen LogP contribution in [0.4, 0.5) is 4.39 Å². The molecule has 5 nitrogen and oxygen atoms in total. The predicted octanol–water partition coefficient (Wildman–Crippen LogP) is 4.00. The Kier molecular flexibility index (Phi) is 5.50. The standard InChI is InChI=1S/C20H20FN3O2S2/c1-13-11-14(21)5-6-16(13)24-19(26)18-15(7-10-27-18)22-20(24)28-12-17(25)23-8-3-2-4-9-23/h5-7,10-11H,2-4,8-9,12H2,1H3. The lowest BCUT2D eigenvalue weighted by molar-refractivity contribution is -0.129. The van der Waals surface area contributed by atoms with Crippen LogP contribution in [0.2, 0.25) is 0 Å². The third-order valence-corrected chi connectivity index (χ3v) is 6.70. The Hall–Kier alpha value is -2.19. The van der Waals surface area contributed by atoms with Gasteiger partial charge in [-0.25, -0.2) is 9.37 Å². The molecular weight excluding hydrogens is 397 g/mol. The van der Waals surface area contributed by atoms with Crippen molar-refractivity contribution in [3.8, 4) is 5.69 Å². The van der Waals surface area contributed by atoms with Crippen LogP contribution in [0.15, 0.2) is 39.6 Å². The van der Waals surface area contributed by atoms with Gasteiger partial charge in [-0.15, -0.1) is 11.3 Å². The van der Waals surface area contributed by atoms with Gasteiger partial charge in [0.15, 0.2) is 5.16 Å². The minimum absolute atomic E-state index is 0.0618. The number of hydrogen-bond acceptors (Lipinski definition) is 5. The van der Waals surface area contributed by atoms with E-state index < -0.39 is 0 Å². The number of aromatic nitrogens is 2. The van der Waals surface area contributed by atoms with Crippen LogP contribution in [-0.4, -0.2) is 39.2 Å². The Balaban J connectivity index is 1.72. The maximum Gasteiger partial charge on any atom is 0.276 e. The van der Waals surface area contributed by atoms with Gasteiger partial charge in [0.05, 0.1) is 17.0 Å². The first-order chi connectivity index (χ1) is 13.5. The maximum absolute atomic E-state index is 13.6. The molecule has 4 rings (SSSR count). The lowest BCUT2D eigenvalue weighted by atomic mass is 10.1. The van der Waals surface area contributed by atoms with Gasteiger partial charge in [0.25, 0.3) is 5.56 Å². The number of fused-ring (bicyclic) bond motifs is 1. The molecule has 1 aliphatic heterocycles. The first-order valence-corrected chi connectivity index (χ1v) is 11.1. The average Bonchev–Trinajstić information content (AvgIpc) is 3.17. The molecule has 2 aromatic heterocycles. The summed E-state index contributed by atoms with van der Waals surface area (Å²) in [5.41, 5.74) is 1.66. The number of rotatable bonds is 4. The molecule has 0 saturated carbocycles. The topological polar surface area (TPSA) is 55.2 Å². The largest absolute Gasteiger partial charge is 0.342 e. The zero-order valence-electron chi connectivity index (χ0n) is 15.5. The number of piperidine rings is 1. The van der Waals surface area contributed by atoms with Gasteiger partial charge < -0.3 is 4.90 Å². The van der Waals surface area contributed by atoms with E-state index in [1.54, 1.807) is 19.1 Å². The molecule has 3 heterocycles. The van der Waals surface area contributed by atoms with Crippen LogP contribution in [0.25, 0.3) is 15.9 Å². The highest BCUT2D eigenvalue weighted by atomic mass is 32.2. The Morgan fingerprint density at radius 1 is 1.25 bits per heavy atom. The predicted molar refractivity (Wildman–Crippen MR) is 111 cm³/mol. The maximum atomic E-state index is 13.6. The van der Waals surface area contributed by atoms with Crippen molar-refractivity contribution in [1.82, 2.24) is 14.5 Å². The fraction of sp³-hybridized carbons (Fsp3) is 0.350. The first kappa shape index (κ1) is 19.1. The quantitative estimate of drug-likeness (QED) is 0.476. The highest BCUT2D eigenvalue weighted by molar-refractivity contribution is 7.99. The molecular formula is C20H20FN3O2S2. The molecule has 0 aliphatic carbocycles. The minimum Gasteiger partial charge on any atom is -0.342 e. The Bertz CT molecular complexity index is 1090. The molecule has 0 spiro atoms. The molecule has 1 aliphatic rings. The molecule has 3 aromatic rings. The molecule has 1 amide bonds. The van der Waals surface area contributed by atoms with E-state index in [-0.39, 0.29) is 23.0 Å². The van der Waals surface area contributed by atoms with E-state index in [2.05, 4.69) is 4.98 Å². The van der Waals surface area contributed by atoms with Crippen LogP contribution in [-0.2, 0) is 4.79 Å². The summed E-state index contributed by atoms with van der Waals surface area (Å²) in [7, 11) is 0. The second kappa shape index (κ2) is 8.05. The van der Waals surface area contributed by atoms with Crippen molar-refractivity contribution in [3.63, 3.8) is 0 Å². The zero-order chi connectivity index (χ0) is 19.7. The van der Waals surface area contributed by atoms with Crippen molar-refractivity contribution in [2.24, 2.45) is 0 Å². The fourth-order valence-corrected chi connectivity index (χ4v) is 5.10. The highest BCUT2D eigenvalue weighted by Gasteiger charge is 2.20. The van der Waals surface area contributed by atoms with Crippen LogP contribution in [0.5, 0.6) is 0 Å². The fourth-order valence-electron chi connectivity index (χ4n) is 3.43. The van der Waals surface area contributed by atoms with Crippen molar-refractivity contribution in [2.45, 2.75) is 31.3 Å². The summed E-state index contributed by atoms with van der Waals surface area (Å²) in [5.74, 6) is -0.0665. The van der Waals surface area contributed by atoms with Crippen molar-refractivity contribution < 1.29 is 9.18 Å². The summed E-state index contributed by atoms with van der Waals surface area (Å²) in [6.07, 6.45) is 3.24. The zero-order valence-corrected chi connectivity index (χ0v) is 17.1. The molecule has 0 bridgehead atoms. The van der Waals surface area contributed by atoms with Gasteiger partial charge in [0.1, 0.15) is 10.5 Å². The molecule has 0 N–H and O–H groups in total. The number of hydrogen-bond donors (Lipinski definition) is 0. The average molecular weight is 418 g/mol. The molecule has 0 atom stereocenters. The molecule has 8 heteroatoms. The number of halogens is 1. The van der Waals surface area contributed by atoms with Crippen LogP contribution in [0.1, 0.15) is 24.8 Å². The lowest BCUT2D eigenvalue weighted by Crippen LogP contribution is -2.36. The number of carbonyl (C=O) groups is 1. The number of aryl methyl sites for hydroxylation is 1. The SMILES string of the molecule is Cc1cc(F)ccc1-n1c(SCC(=O)N2CCCCC2)nc2ccsc2c1=O. The summed E-state index contributed by atoms with van der Waals surface area (Å²) in [4.78, 5) is 32.2. The Labute approximate surface area is 170 Å². The smallest absolute Gasteiger partial charge is 0.276 e. The number of nitrogens with zero attached hydrogens (tertiary/aromatic N) is 3. The van der Waals surface area contributed by atoms with Crippen LogP contribution < -0.4 is 5.56 Å². The van der Waals surface area contributed by atoms with Crippen molar-refractivity contribution in [2.75, 3.05) is 18.8 Å². The van der Waals surface area contributed by atoms with Gasteiger partial charge >= 0.3 is 0 Å². The Morgan fingerprint density at radius 3 is 2.79 bits per heavy atom. The van der Waals surface area contributed by atoms with Gasteiger partial charge in [0, 0.05) is 13.1 Å². The van der Waals surface area contributed by atoms with Crippen molar-refractivity contribution in [3.05, 3.63) is 51.4 Å². The van der Waals surface area contributed by atoms with Crippen molar-refractivity contribution in [1.29, 1.82) is 0 Å². The van der Waals surface area contributed by atoms with E-state index in [1.807, 2.05) is 10.3 Å². The first-order valence-electron chi connectivity index (χ1n) is 9.22. The second-order valence-electron chi connectivity index (χ2n) is 6.83. The third-order valence-electron chi connectivity index (χ3n) is 4.88. The number of likely N-dealkylation sites (tertiary alicyclic amines) is 1. The van der Waals surface area contributed by atoms with Crippen LogP contribution in [0.3, 0.4) is 0 Å². The molecule has 28 heavy (non-hydrogen) atoms. The van der Waals surface area contributed by atoms with Crippen molar-refractivity contribution >= 4 is 39.2 Å². The van der Waals surface area contributed by atoms with E-state index in [9.17, 15) is 14.0 Å². The van der Waals surface area contributed by atoms with E-state index in [0.29, 0.717) is 26.6 Å². The van der Waals surface area contributed by atoms with Gasteiger partial charge in [-0.2, -0.15) is 0 Å². The van der Waals surface area contributed by atoms with E-state index in [1.165, 1.54) is 39.8 Å². The minimum atomic E-state index is -0.353. The lowest BCUT2D eigenvalue weighted by Gasteiger charge is -2.26. The van der Waals surface area contributed by atoms with Crippen LogP contribution in [0, 0.1) is 12.7 Å². The monoisotopic (exact) mass is 417 g/mol. The second-order valence-corrected chi connectivity index (χ2v) is 8.69. The van der Waals surface area contributed by atoms with Gasteiger partial charge in [-0.3, -0.25) is 14.2 Å². The summed E-state index contributed by atoms with van der Waals surface area (Å²) in [6.45, 7) is 3.34. The summed E-state index contributed by atoms with van der Waals surface area (Å²) < 4.78 is 15.6. The van der Waals surface area contributed by atoms with Gasteiger partial charge in [0.2, 0.25) is 5.91 Å². The normalized spacial score (nSPS) is 14.6. The number of carbonyl (C=O) groups excluding carboxylic acids is 1. The summed E-state index contributed by atoms with van der Waals surface area (Å²) in [5, 5.41) is 2.28. The Morgan fingerprint density at radius 2 is 2.04 bits per heavy atom. The van der Waals surface area contributed by atoms with E-state index in [4.69, 9.17) is 0 Å². The molecule has 0 unspecified atom stereocenters.